The van der Waals surface area contributed by atoms with Crippen molar-refractivity contribution >= 4 is 40.5 Å². The molecule has 12 heteroatoms. The van der Waals surface area contributed by atoms with Crippen LogP contribution in [0, 0.1) is 11.9 Å². The maximum Gasteiger partial charge on any atom is 0.252 e. The van der Waals surface area contributed by atoms with Crippen LogP contribution in [0.2, 0.25) is 15.2 Å². The molecule has 1 fully saturated rings. The molecule has 2 aromatic carbocycles. The van der Waals surface area contributed by atoms with E-state index in [0.717, 1.165) is 41.0 Å². The number of aromatic nitrogens is 6. The number of H-pyrrole nitrogens is 1. The van der Waals surface area contributed by atoms with E-state index in [1.165, 1.54) is 0 Å². The lowest BCUT2D eigenvalue weighted by Crippen LogP contribution is -2.26. The molecule has 0 bridgehead atoms. The van der Waals surface area contributed by atoms with Crippen molar-refractivity contribution in [2.24, 2.45) is 5.92 Å². The van der Waals surface area contributed by atoms with Crippen LogP contribution < -0.4 is 10.9 Å². The molecule has 0 radical (unpaired) electrons. The lowest BCUT2D eigenvalue weighted by molar-refractivity contribution is 0.504. The lowest BCUT2D eigenvalue weighted by atomic mass is 9.98. The number of pyridine rings is 1. The quantitative estimate of drug-likeness (QED) is 0.222. The van der Waals surface area contributed by atoms with E-state index >= 15 is 4.39 Å². The van der Waals surface area contributed by atoms with E-state index in [9.17, 15) is 4.79 Å². The van der Waals surface area contributed by atoms with Crippen LogP contribution in [0.4, 0.5) is 10.1 Å². The highest BCUT2D eigenvalue weighted by Crippen LogP contribution is 2.60. The minimum atomic E-state index is -0.578. The van der Waals surface area contributed by atoms with Gasteiger partial charge < -0.3 is 14.9 Å². The van der Waals surface area contributed by atoms with E-state index in [4.69, 9.17) is 39.8 Å². The Morgan fingerprint density at radius 3 is 2.71 bits per heavy atom. The van der Waals surface area contributed by atoms with Crippen molar-refractivity contribution in [3.63, 3.8) is 0 Å². The molecule has 3 atom stereocenters. The van der Waals surface area contributed by atoms with E-state index < -0.39 is 12.0 Å². The normalized spacial score (nSPS) is 20.2. The van der Waals surface area contributed by atoms with Crippen molar-refractivity contribution in [2.45, 2.75) is 31.2 Å². The number of nitrogens with zero attached hydrogens (tertiary/aromatic N) is 5. The Kier molecular flexibility index (Phi) is 5.70. The first-order chi connectivity index (χ1) is 20.3. The molecule has 3 aromatic heterocycles. The molecule has 8 nitrogen and oxygen atoms in total. The van der Waals surface area contributed by atoms with Crippen molar-refractivity contribution in [2.75, 3.05) is 5.32 Å². The van der Waals surface area contributed by atoms with Crippen LogP contribution in [0.5, 0.6) is 0 Å². The van der Waals surface area contributed by atoms with E-state index in [0.29, 0.717) is 39.1 Å². The Morgan fingerprint density at radius 1 is 1.05 bits per heavy atom. The monoisotopic (exact) mass is 619 g/mol. The highest BCUT2D eigenvalue weighted by molar-refractivity contribution is 6.34. The number of allylic oxidation sites excluding steroid dienone is 1. The number of fused-ring (bicyclic) bond motifs is 4. The van der Waals surface area contributed by atoms with Gasteiger partial charge in [0.15, 0.2) is 5.15 Å². The number of hydrogen-bond acceptors (Lipinski definition) is 5. The Balaban J connectivity index is 1.20. The fourth-order valence-corrected chi connectivity index (χ4v) is 7.09. The van der Waals surface area contributed by atoms with Crippen LogP contribution in [-0.2, 0) is 6.42 Å². The molecule has 0 spiro atoms. The number of anilines is 1. The second-order valence-corrected chi connectivity index (χ2v) is 12.1. The predicted octanol–water partition coefficient (Wildman–Crippen LogP) is 7.16. The maximum atomic E-state index is 15.4. The molecule has 5 heterocycles. The van der Waals surface area contributed by atoms with Gasteiger partial charge in [0.05, 0.1) is 22.9 Å². The van der Waals surface area contributed by atoms with Gasteiger partial charge in [-0.2, -0.15) is 4.39 Å². The second kappa shape index (κ2) is 9.29. The number of nitrogens with one attached hydrogen (secondary N) is 2. The van der Waals surface area contributed by atoms with Gasteiger partial charge in [-0.15, -0.1) is 5.10 Å². The van der Waals surface area contributed by atoms with Crippen molar-refractivity contribution in [3.05, 3.63) is 110 Å². The fraction of sp³-hybridized carbons (Fsp3) is 0.200. The Bertz CT molecular complexity index is 2030. The van der Waals surface area contributed by atoms with Gasteiger partial charge in [-0.05, 0) is 72.7 Å². The van der Waals surface area contributed by atoms with Crippen LogP contribution >= 0.6 is 34.8 Å². The fourth-order valence-electron chi connectivity index (χ4n) is 6.44. The molecular formula is C30H21Cl3FN7O. The number of hydrogen-bond donors (Lipinski definition) is 2. The summed E-state index contributed by atoms with van der Waals surface area (Å²) < 4.78 is 18.7. The summed E-state index contributed by atoms with van der Waals surface area (Å²) in [5, 5.41) is 12.4. The van der Waals surface area contributed by atoms with E-state index in [1.54, 1.807) is 39.7 Å². The number of benzene rings is 2. The van der Waals surface area contributed by atoms with E-state index in [2.05, 4.69) is 27.2 Å². The molecule has 1 saturated carbocycles. The molecular weight excluding hydrogens is 600 g/mol. The summed E-state index contributed by atoms with van der Waals surface area (Å²) in [5.74, 6) is 0.123. The van der Waals surface area contributed by atoms with Gasteiger partial charge in [0, 0.05) is 45.2 Å². The van der Waals surface area contributed by atoms with Crippen LogP contribution in [0.1, 0.15) is 41.9 Å². The van der Waals surface area contributed by atoms with Crippen molar-refractivity contribution in [3.8, 4) is 28.1 Å². The van der Waals surface area contributed by atoms with Gasteiger partial charge >= 0.3 is 0 Å². The van der Waals surface area contributed by atoms with Gasteiger partial charge in [0.25, 0.3) is 5.56 Å². The van der Waals surface area contributed by atoms with Gasteiger partial charge in [0.2, 0.25) is 5.95 Å². The second-order valence-electron chi connectivity index (χ2n) is 10.9. The van der Waals surface area contributed by atoms with Crippen molar-refractivity contribution < 1.29 is 4.39 Å². The van der Waals surface area contributed by atoms with E-state index in [1.807, 2.05) is 18.2 Å². The molecule has 8 rings (SSSR count). The Morgan fingerprint density at radius 2 is 1.90 bits per heavy atom. The summed E-state index contributed by atoms with van der Waals surface area (Å²) in [5.41, 5.74) is 6.14. The van der Waals surface area contributed by atoms with Gasteiger partial charge in [-0.1, -0.05) is 46.6 Å². The van der Waals surface area contributed by atoms with Crippen molar-refractivity contribution in [1.82, 2.24) is 29.5 Å². The molecule has 2 N–H and O–H groups in total. The third kappa shape index (κ3) is 3.95. The largest absolute Gasteiger partial charge is 0.359 e. The molecule has 0 saturated heterocycles. The average Bonchev–Trinajstić information content (AvgIpc) is 3.28. The van der Waals surface area contributed by atoms with E-state index in [-0.39, 0.29) is 28.2 Å². The van der Waals surface area contributed by atoms with Gasteiger partial charge in [0.1, 0.15) is 11.5 Å². The van der Waals surface area contributed by atoms with Crippen LogP contribution in [0.3, 0.4) is 0 Å². The third-order valence-corrected chi connectivity index (χ3v) is 9.27. The van der Waals surface area contributed by atoms with Gasteiger partial charge in [-0.25, -0.2) is 9.67 Å². The minimum Gasteiger partial charge on any atom is -0.359 e. The summed E-state index contributed by atoms with van der Waals surface area (Å²) in [6.45, 7) is 3.99. The molecule has 3 aliphatic rings. The maximum absolute atomic E-state index is 15.4. The Hall–Kier alpha value is -3.92. The summed E-state index contributed by atoms with van der Waals surface area (Å²) in [4.78, 5) is 21.2. The molecule has 2 aliphatic heterocycles. The number of halogens is 4. The lowest BCUT2D eigenvalue weighted by Gasteiger charge is -2.22. The average molecular weight is 621 g/mol. The molecule has 1 aliphatic carbocycles. The highest BCUT2D eigenvalue weighted by Gasteiger charge is 2.54. The SMILES string of the molecule is C=C1CCc2c(ccc(-c3nc(C4C5CC5c5cc(-c6cc(Cl)ccc6-n6cc(Cl)nn6)cc(=O)n54)[nH]c3F)c2Cl)N1. The summed E-state index contributed by atoms with van der Waals surface area (Å²) in [6, 6.07) is 12.1. The highest BCUT2D eigenvalue weighted by atomic mass is 35.5. The number of rotatable bonds is 4. The van der Waals surface area contributed by atoms with Gasteiger partial charge in [-0.3, -0.25) is 4.79 Å². The number of imidazole rings is 1. The first kappa shape index (κ1) is 25.8. The summed E-state index contributed by atoms with van der Waals surface area (Å²) in [6.07, 6.45) is 3.93. The molecule has 5 aromatic rings. The first-order valence-electron chi connectivity index (χ1n) is 13.4. The Labute approximate surface area is 253 Å². The number of aromatic amines is 1. The standard InChI is InChI=1S/C30H21Cl3FN7O/c1-13-2-4-16-21(35-13)6-5-17(26(16)33)27-29(34)37-30(36-27)28-20-11-19(20)23-8-14(9-25(42)41(23)28)18-10-15(31)3-7-22(18)40-12-24(32)38-39-40/h3,5-10,12,19-20,28,35H,1-2,4,11H2,(H,36,37). The molecule has 210 valence electrons. The zero-order valence-corrected chi connectivity index (χ0v) is 24.1. The predicted molar refractivity (Wildman–Crippen MR) is 160 cm³/mol. The topological polar surface area (TPSA) is 93.4 Å². The summed E-state index contributed by atoms with van der Waals surface area (Å²) >= 11 is 19.1. The van der Waals surface area contributed by atoms with Crippen molar-refractivity contribution in [1.29, 1.82) is 0 Å². The summed E-state index contributed by atoms with van der Waals surface area (Å²) in [7, 11) is 0. The van der Waals surface area contributed by atoms with Crippen LogP contribution in [0.15, 0.2) is 65.7 Å². The van der Waals surface area contributed by atoms with Crippen LogP contribution in [0.25, 0.3) is 28.1 Å². The zero-order chi connectivity index (χ0) is 28.9. The molecule has 0 amide bonds. The van der Waals surface area contributed by atoms with Crippen LogP contribution in [-0.4, -0.2) is 29.5 Å². The smallest absolute Gasteiger partial charge is 0.252 e. The molecule has 42 heavy (non-hydrogen) atoms. The minimum absolute atomic E-state index is 0.133. The first-order valence-corrected chi connectivity index (χ1v) is 14.6. The molecule has 3 unspecified atom stereocenters. The third-order valence-electron chi connectivity index (χ3n) is 8.43. The zero-order valence-electron chi connectivity index (χ0n) is 21.8.